The lowest BCUT2D eigenvalue weighted by molar-refractivity contribution is 0.0635. The highest BCUT2D eigenvalue weighted by molar-refractivity contribution is 9.10. The highest BCUT2D eigenvalue weighted by Crippen LogP contribution is 2.28. The Morgan fingerprint density at radius 2 is 1.77 bits per heavy atom. The molecular weight excluding hydrogens is 576 g/mol. The fourth-order valence-corrected chi connectivity index (χ4v) is 5.77. The van der Waals surface area contributed by atoms with Gasteiger partial charge in [0.15, 0.2) is 0 Å². The molecule has 2 heterocycles. The molecule has 1 aromatic heterocycles. The summed E-state index contributed by atoms with van der Waals surface area (Å²) < 4.78 is 2.65. The molecule has 5 rings (SSSR count). The molecule has 1 amide bonds. The van der Waals surface area contributed by atoms with Crippen LogP contribution in [-0.4, -0.2) is 51.4 Å². The molecule has 0 radical (unpaired) electrons. The maximum absolute atomic E-state index is 14.1. The molecule has 202 valence electrons. The lowest BCUT2D eigenvalue weighted by atomic mass is 10.1. The number of benzene rings is 3. The summed E-state index contributed by atoms with van der Waals surface area (Å²) in [6.07, 6.45) is 2.97. The fraction of sp³-hybridized carbons (Fsp3) is 0.323. The van der Waals surface area contributed by atoms with Crippen LogP contribution < -0.4 is 5.56 Å². The average Bonchev–Trinajstić information content (AvgIpc) is 3.47. The zero-order chi connectivity index (χ0) is 27.4. The van der Waals surface area contributed by atoms with Crippen molar-refractivity contribution in [2.75, 3.05) is 26.2 Å². The van der Waals surface area contributed by atoms with E-state index in [0.29, 0.717) is 46.8 Å². The summed E-state index contributed by atoms with van der Waals surface area (Å²) in [7, 11) is 0. The number of hydrogen-bond acceptors (Lipinski definition) is 4. The molecule has 0 saturated carbocycles. The van der Waals surface area contributed by atoms with Gasteiger partial charge >= 0.3 is 0 Å². The first kappa shape index (κ1) is 27.6. The lowest BCUT2D eigenvalue weighted by Gasteiger charge is -2.33. The Morgan fingerprint density at radius 1 is 1.05 bits per heavy atom. The van der Waals surface area contributed by atoms with Crippen LogP contribution in [0.15, 0.2) is 82.1 Å². The molecule has 1 aliphatic heterocycles. The summed E-state index contributed by atoms with van der Waals surface area (Å²) in [6.45, 7) is 5.82. The number of aromatic nitrogens is 2. The predicted molar refractivity (Wildman–Crippen MR) is 160 cm³/mol. The van der Waals surface area contributed by atoms with Crippen LogP contribution in [0.4, 0.5) is 0 Å². The van der Waals surface area contributed by atoms with E-state index < -0.39 is 6.04 Å². The van der Waals surface area contributed by atoms with E-state index in [0.717, 1.165) is 29.7 Å². The fourth-order valence-electron chi connectivity index (χ4n) is 5.34. The van der Waals surface area contributed by atoms with Crippen molar-refractivity contribution in [3.05, 3.63) is 110 Å². The minimum Gasteiger partial charge on any atom is -0.327 e. The van der Waals surface area contributed by atoms with Crippen molar-refractivity contribution in [3.63, 3.8) is 0 Å². The highest BCUT2D eigenvalue weighted by Gasteiger charge is 2.30. The average molecular weight is 608 g/mol. The Morgan fingerprint density at radius 3 is 2.46 bits per heavy atom. The number of carbonyl (C=O) groups is 1. The van der Waals surface area contributed by atoms with E-state index >= 15 is 0 Å². The van der Waals surface area contributed by atoms with E-state index in [4.69, 9.17) is 16.6 Å². The number of halogens is 2. The lowest BCUT2D eigenvalue weighted by Crippen LogP contribution is -2.42. The summed E-state index contributed by atoms with van der Waals surface area (Å²) in [5, 5.41) is 1.03. The van der Waals surface area contributed by atoms with Crippen LogP contribution >= 0.6 is 27.5 Å². The van der Waals surface area contributed by atoms with Crippen molar-refractivity contribution in [2.24, 2.45) is 0 Å². The van der Waals surface area contributed by atoms with Crippen LogP contribution in [0.3, 0.4) is 0 Å². The zero-order valence-electron chi connectivity index (χ0n) is 22.0. The molecule has 0 aliphatic carbocycles. The summed E-state index contributed by atoms with van der Waals surface area (Å²) in [5.74, 6) is 0.508. The second-order valence-corrected chi connectivity index (χ2v) is 11.3. The Kier molecular flexibility index (Phi) is 8.80. The molecule has 1 atom stereocenters. The van der Waals surface area contributed by atoms with E-state index in [1.54, 1.807) is 22.8 Å². The number of fused-ring (bicyclic) bond motifs is 1. The van der Waals surface area contributed by atoms with Crippen molar-refractivity contribution < 1.29 is 4.79 Å². The number of amides is 1. The summed E-state index contributed by atoms with van der Waals surface area (Å²) in [6, 6.07) is 22.1. The van der Waals surface area contributed by atoms with Crippen molar-refractivity contribution in [3.8, 4) is 0 Å². The molecule has 3 aromatic carbocycles. The van der Waals surface area contributed by atoms with Crippen LogP contribution in [0.25, 0.3) is 10.9 Å². The quantitative estimate of drug-likeness (QED) is 0.217. The van der Waals surface area contributed by atoms with Gasteiger partial charge in [0.1, 0.15) is 5.82 Å². The van der Waals surface area contributed by atoms with Gasteiger partial charge < -0.3 is 9.80 Å². The molecule has 0 N–H and O–H groups in total. The maximum Gasteiger partial charge on any atom is 0.261 e. The van der Waals surface area contributed by atoms with Crippen LogP contribution in [0.2, 0.25) is 5.02 Å². The first-order valence-electron chi connectivity index (χ1n) is 13.5. The van der Waals surface area contributed by atoms with Crippen LogP contribution in [0, 0.1) is 0 Å². The van der Waals surface area contributed by atoms with E-state index in [1.165, 1.54) is 12.8 Å². The molecule has 4 aromatic rings. The second-order valence-electron chi connectivity index (χ2n) is 9.99. The predicted octanol–water partition coefficient (Wildman–Crippen LogP) is 6.55. The van der Waals surface area contributed by atoms with Crippen molar-refractivity contribution in [2.45, 2.75) is 38.8 Å². The SMILES string of the molecule is CCC(c1nc2cc(Cl)ccc2c(=O)n1Cc1ccccc1)N(CCN1CCCC1)C(=O)c1ccc(Br)cc1. The molecule has 0 bridgehead atoms. The topological polar surface area (TPSA) is 58.4 Å². The summed E-state index contributed by atoms with van der Waals surface area (Å²) in [4.78, 5) is 37.3. The zero-order valence-corrected chi connectivity index (χ0v) is 24.4. The van der Waals surface area contributed by atoms with Crippen LogP contribution in [0.5, 0.6) is 0 Å². The molecule has 0 spiro atoms. The van der Waals surface area contributed by atoms with Gasteiger partial charge in [0.05, 0.1) is 23.5 Å². The van der Waals surface area contributed by atoms with Gasteiger partial charge in [0.25, 0.3) is 11.5 Å². The smallest absolute Gasteiger partial charge is 0.261 e. The normalized spacial score (nSPS) is 14.5. The minimum atomic E-state index is -0.399. The molecule has 6 nitrogen and oxygen atoms in total. The van der Waals surface area contributed by atoms with Gasteiger partial charge in [-0.05, 0) is 80.4 Å². The number of nitrogens with zero attached hydrogens (tertiary/aromatic N) is 4. The number of hydrogen-bond donors (Lipinski definition) is 0. The van der Waals surface area contributed by atoms with Gasteiger partial charge in [0.2, 0.25) is 0 Å². The molecule has 1 fully saturated rings. The first-order chi connectivity index (χ1) is 18.9. The van der Waals surface area contributed by atoms with E-state index in [2.05, 4.69) is 20.8 Å². The molecule has 1 unspecified atom stereocenters. The van der Waals surface area contributed by atoms with E-state index in [9.17, 15) is 9.59 Å². The third kappa shape index (κ3) is 6.26. The van der Waals surface area contributed by atoms with Gasteiger partial charge in [-0.1, -0.05) is 64.8 Å². The highest BCUT2D eigenvalue weighted by atomic mass is 79.9. The molecule has 1 aliphatic rings. The van der Waals surface area contributed by atoms with Gasteiger partial charge in [-0.3, -0.25) is 14.2 Å². The van der Waals surface area contributed by atoms with Crippen molar-refractivity contribution in [1.29, 1.82) is 0 Å². The minimum absolute atomic E-state index is 0.0692. The van der Waals surface area contributed by atoms with E-state index in [-0.39, 0.29) is 11.5 Å². The van der Waals surface area contributed by atoms with Crippen LogP contribution in [0.1, 0.15) is 54.0 Å². The summed E-state index contributed by atoms with van der Waals surface area (Å²) >= 11 is 9.79. The monoisotopic (exact) mass is 606 g/mol. The molecule has 39 heavy (non-hydrogen) atoms. The second kappa shape index (κ2) is 12.5. The third-order valence-electron chi connectivity index (χ3n) is 7.40. The number of likely N-dealkylation sites (tertiary alicyclic amines) is 1. The molecule has 8 heteroatoms. The third-order valence-corrected chi connectivity index (χ3v) is 8.16. The van der Waals surface area contributed by atoms with Gasteiger partial charge in [-0.25, -0.2) is 4.98 Å². The van der Waals surface area contributed by atoms with Gasteiger partial charge in [-0.15, -0.1) is 0 Å². The largest absolute Gasteiger partial charge is 0.327 e. The Bertz CT molecular complexity index is 1500. The Labute approximate surface area is 242 Å². The Hall–Kier alpha value is -3.00. The standard InChI is InChI=1S/C31H32BrClN4O2/c1-2-28(36(19-18-35-16-6-7-17-35)30(38)23-10-12-24(32)13-11-23)29-34-27-20-25(33)14-15-26(27)31(39)37(29)21-22-8-4-3-5-9-22/h3-5,8-15,20,28H,2,6-7,16-19,21H2,1H3. The first-order valence-corrected chi connectivity index (χ1v) is 14.6. The maximum atomic E-state index is 14.1. The number of carbonyl (C=O) groups excluding carboxylic acids is 1. The van der Waals surface area contributed by atoms with Crippen molar-refractivity contribution in [1.82, 2.24) is 19.4 Å². The van der Waals surface area contributed by atoms with Crippen LogP contribution in [-0.2, 0) is 6.54 Å². The number of rotatable bonds is 9. The Balaban J connectivity index is 1.63. The molecular formula is C31H32BrClN4O2. The summed E-state index contributed by atoms with van der Waals surface area (Å²) in [5.41, 5.74) is 2.01. The van der Waals surface area contributed by atoms with E-state index in [1.807, 2.05) is 66.4 Å². The van der Waals surface area contributed by atoms with Gasteiger partial charge in [0, 0.05) is 28.1 Å². The molecule has 1 saturated heterocycles. The van der Waals surface area contributed by atoms with Crippen molar-refractivity contribution >= 4 is 44.3 Å². The van der Waals surface area contributed by atoms with Gasteiger partial charge in [-0.2, -0.15) is 0 Å².